The number of anilines is 1. The average Bonchev–Trinajstić information content (AvgIpc) is 3.08. The second-order valence-corrected chi connectivity index (χ2v) is 8.99. The van der Waals surface area contributed by atoms with Gasteiger partial charge in [0.25, 0.3) is 10.0 Å². The Morgan fingerprint density at radius 2 is 1.92 bits per heavy atom. The number of hydrogen-bond donors (Lipinski definition) is 1. The molecular formula is C17H21FN2O3S2. The number of benzene rings is 1. The topological polar surface area (TPSA) is 66.5 Å². The summed E-state index contributed by atoms with van der Waals surface area (Å²) in [5.41, 5.74) is 0.244. The number of hydrogen-bond acceptors (Lipinski definition) is 4. The molecule has 5 nitrogen and oxygen atoms in total. The van der Waals surface area contributed by atoms with Crippen LogP contribution < -0.4 is 9.62 Å². The number of carbonyl (C=O) groups excluding carboxylic acids is 1. The fourth-order valence-corrected chi connectivity index (χ4v) is 4.65. The average molecular weight is 384 g/mol. The maximum atomic E-state index is 13.2. The maximum absolute atomic E-state index is 13.2. The van der Waals surface area contributed by atoms with Gasteiger partial charge in [0.05, 0.1) is 5.69 Å². The maximum Gasteiger partial charge on any atom is 0.274 e. The number of amides is 1. The summed E-state index contributed by atoms with van der Waals surface area (Å²) in [5, 5.41) is 4.38. The highest BCUT2D eigenvalue weighted by Crippen LogP contribution is 2.26. The van der Waals surface area contributed by atoms with E-state index in [1.54, 1.807) is 11.4 Å². The first-order valence-corrected chi connectivity index (χ1v) is 10.2. The predicted octanol–water partition coefficient (Wildman–Crippen LogP) is 3.24. The van der Waals surface area contributed by atoms with Crippen molar-refractivity contribution in [3.05, 3.63) is 47.6 Å². The van der Waals surface area contributed by atoms with Gasteiger partial charge in [-0.25, -0.2) is 12.8 Å². The van der Waals surface area contributed by atoms with Crippen molar-refractivity contribution in [1.29, 1.82) is 0 Å². The summed E-state index contributed by atoms with van der Waals surface area (Å²) in [5.74, 6) is -0.438. The Kier molecular flexibility index (Phi) is 6.55. The highest BCUT2D eigenvalue weighted by atomic mass is 32.2. The van der Waals surface area contributed by atoms with Gasteiger partial charge in [-0.3, -0.25) is 9.10 Å². The van der Waals surface area contributed by atoms with Crippen molar-refractivity contribution in [2.45, 2.75) is 24.5 Å². The minimum atomic E-state index is -3.89. The number of nitrogens with zero attached hydrogens (tertiary/aromatic N) is 1. The van der Waals surface area contributed by atoms with E-state index < -0.39 is 21.7 Å². The van der Waals surface area contributed by atoms with Crippen LogP contribution in [0.2, 0.25) is 0 Å². The zero-order valence-electron chi connectivity index (χ0n) is 14.1. The van der Waals surface area contributed by atoms with Crippen molar-refractivity contribution in [2.24, 2.45) is 5.92 Å². The van der Waals surface area contributed by atoms with E-state index in [9.17, 15) is 17.6 Å². The number of sulfonamides is 1. The normalized spacial score (nSPS) is 11.5. The van der Waals surface area contributed by atoms with Gasteiger partial charge in [0, 0.05) is 6.54 Å². The zero-order chi connectivity index (χ0) is 18.4. The van der Waals surface area contributed by atoms with Crippen molar-refractivity contribution >= 4 is 33.0 Å². The molecule has 2 rings (SSSR count). The molecule has 0 spiro atoms. The molecule has 0 saturated heterocycles. The Morgan fingerprint density at radius 3 is 2.48 bits per heavy atom. The van der Waals surface area contributed by atoms with E-state index in [1.165, 1.54) is 30.3 Å². The fourth-order valence-electron chi connectivity index (χ4n) is 2.13. The minimum Gasteiger partial charge on any atom is -0.355 e. The van der Waals surface area contributed by atoms with Gasteiger partial charge < -0.3 is 5.32 Å². The molecule has 0 aliphatic carbocycles. The molecule has 1 amide bonds. The van der Waals surface area contributed by atoms with E-state index in [2.05, 4.69) is 5.32 Å². The highest BCUT2D eigenvalue weighted by Gasteiger charge is 2.28. The Balaban J connectivity index is 2.24. The molecule has 1 aromatic heterocycles. The molecule has 0 aliphatic rings. The van der Waals surface area contributed by atoms with Crippen LogP contribution >= 0.6 is 11.3 Å². The van der Waals surface area contributed by atoms with Crippen LogP contribution in [0.3, 0.4) is 0 Å². The number of rotatable bonds is 8. The van der Waals surface area contributed by atoms with E-state index in [1.807, 2.05) is 13.8 Å². The lowest BCUT2D eigenvalue weighted by Gasteiger charge is -2.23. The summed E-state index contributed by atoms with van der Waals surface area (Å²) in [6, 6.07) is 8.14. The lowest BCUT2D eigenvalue weighted by Crippen LogP contribution is -2.41. The first kappa shape index (κ1) is 19.4. The highest BCUT2D eigenvalue weighted by molar-refractivity contribution is 7.94. The summed E-state index contributed by atoms with van der Waals surface area (Å²) in [7, 11) is -3.89. The lowest BCUT2D eigenvalue weighted by molar-refractivity contribution is -0.119. The second kappa shape index (κ2) is 8.44. The standard InChI is InChI=1S/C17H21FN2O3S2/c1-13(2)9-10-19-16(21)12-20(15-7-5-14(18)6-8-15)25(22,23)17-4-3-11-24-17/h3-8,11,13H,9-10,12H2,1-2H3,(H,19,21). The van der Waals surface area contributed by atoms with Gasteiger partial charge >= 0.3 is 0 Å². The number of halogens is 1. The van der Waals surface area contributed by atoms with E-state index in [4.69, 9.17) is 0 Å². The monoisotopic (exact) mass is 384 g/mol. The van der Waals surface area contributed by atoms with E-state index in [0.29, 0.717) is 12.5 Å². The second-order valence-electron chi connectivity index (χ2n) is 5.95. The Morgan fingerprint density at radius 1 is 1.24 bits per heavy atom. The first-order valence-electron chi connectivity index (χ1n) is 7.89. The molecule has 0 radical (unpaired) electrons. The molecule has 1 N–H and O–H groups in total. The van der Waals surface area contributed by atoms with Gasteiger partial charge in [0.1, 0.15) is 16.6 Å². The third kappa shape index (κ3) is 5.27. The van der Waals surface area contributed by atoms with E-state index in [-0.39, 0.29) is 16.4 Å². The fraction of sp³-hybridized carbons (Fsp3) is 0.353. The molecular weight excluding hydrogens is 363 g/mol. The van der Waals surface area contributed by atoms with Gasteiger partial charge in [0.15, 0.2) is 0 Å². The molecule has 1 aromatic carbocycles. The molecule has 0 aliphatic heterocycles. The van der Waals surface area contributed by atoms with Crippen LogP contribution in [-0.4, -0.2) is 27.4 Å². The van der Waals surface area contributed by atoms with Gasteiger partial charge in [0.2, 0.25) is 5.91 Å². The van der Waals surface area contributed by atoms with Crippen LogP contribution in [0.1, 0.15) is 20.3 Å². The molecule has 2 aromatic rings. The first-order chi connectivity index (χ1) is 11.8. The van der Waals surface area contributed by atoms with Crippen molar-refractivity contribution < 1.29 is 17.6 Å². The summed E-state index contributed by atoms with van der Waals surface area (Å²) in [4.78, 5) is 12.2. The molecule has 1 heterocycles. The molecule has 0 bridgehead atoms. The molecule has 25 heavy (non-hydrogen) atoms. The van der Waals surface area contributed by atoms with Gasteiger partial charge in [-0.2, -0.15) is 0 Å². The van der Waals surface area contributed by atoms with Crippen LogP contribution in [-0.2, 0) is 14.8 Å². The van der Waals surface area contributed by atoms with Gasteiger partial charge in [-0.05, 0) is 48.1 Å². The number of nitrogens with one attached hydrogen (secondary N) is 1. The summed E-state index contributed by atoms with van der Waals surface area (Å²) in [6.45, 7) is 4.20. The van der Waals surface area contributed by atoms with Crippen LogP contribution in [0.4, 0.5) is 10.1 Å². The van der Waals surface area contributed by atoms with Crippen LogP contribution in [0.25, 0.3) is 0 Å². The molecule has 0 atom stereocenters. The minimum absolute atomic E-state index is 0.131. The third-order valence-corrected chi connectivity index (χ3v) is 6.63. The van der Waals surface area contributed by atoms with E-state index >= 15 is 0 Å². The van der Waals surface area contributed by atoms with Crippen molar-refractivity contribution in [3.63, 3.8) is 0 Å². The van der Waals surface area contributed by atoms with E-state index in [0.717, 1.165) is 22.1 Å². The quantitative estimate of drug-likeness (QED) is 0.760. The Bertz CT molecular complexity index is 788. The number of thiophene rings is 1. The SMILES string of the molecule is CC(C)CCNC(=O)CN(c1ccc(F)cc1)S(=O)(=O)c1cccs1. The van der Waals surface area contributed by atoms with Crippen LogP contribution in [0, 0.1) is 11.7 Å². The molecule has 0 saturated carbocycles. The Labute approximate surface area is 151 Å². The van der Waals surface area contributed by atoms with Crippen LogP contribution in [0.15, 0.2) is 46.0 Å². The smallest absolute Gasteiger partial charge is 0.274 e. The summed E-state index contributed by atoms with van der Waals surface area (Å²) >= 11 is 1.07. The Hall–Kier alpha value is -1.93. The van der Waals surface area contributed by atoms with Crippen LogP contribution in [0.5, 0.6) is 0 Å². The largest absolute Gasteiger partial charge is 0.355 e. The van der Waals surface area contributed by atoms with Crippen molar-refractivity contribution in [3.8, 4) is 0 Å². The van der Waals surface area contributed by atoms with Crippen molar-refractivity contribution in [1.82, 2.24) is 5.32 Å². The molecule has 0 unspecified atom stereocenters. The molecule has 0 fully saturated rings. The summed E-state index contributed by atoms with van der Waals surface area (Å²) in [6.07, 6.45) is 0.806. The predicted molar refractivity (Wildman–Crippen MR) is 97.7 cm³/mol. The molecule has 8 heteroatoms. The molecule has 136 valence electrons. The van der Waals surface area contributed by atoms with Gasteiger partial charge in [-0.15, -0.1) is 11.3 Å². The zero-order valence-corrected chi connectivity index (χ0v) is 15.7. The number of carbonyl (C=O) groups is 1. The third-order valence-electron chi connectivity index (χ3n) is 3.49. The summed E-state index contributed by atoms with van der Waals surface area (Å²) < 4.78 is 40.0. The van der Waals surface area contributed by atoms with Gasteiger partial charge in [-0.1, -0.05) is 19.9 Å². The van der Waals surface area contributed by atoms with Crippen molar-refractivity contribution in [2.75, 3.05) is 17.4 Å². The lowest BCUT2D eigenvalue weighted by atomic mass is 10.1.